The third-order valence-electron chi connectivity index (χ3n) is 3.75. The molecule has 0 bridgehead atoms. The van der Waals surface area contributed by atoms with Crippen LogP contribution in [-0.2, 0) is 4.79 Å². The fraction of sp³-hybridized carbons (Fsp3) is 0.200. The predicted molar refractivity (Wildman–Crippen MR) is 87.1 cm³/mol. The number of rotatable bonds is 4. The molecule has 24 heavy (non-hydrogen) atoms. The van der Waals surface area contributed by atoms with E-state index in [2.05, 4.69) is 10.3 Å². The van der Waals surface area contributed by atoms with E-state index < -0.39 is 16.9 Å². The number of nitrogens with zero attached hydrogens (tertiary/aromatic N) is 2. The summed E-state index contributed by atoms with van der Waals surface area (Å²) in [6, 6.07) is 7.35. The lowest BCUT2D eigenvalue weighted by atomic mass is 10.2. The zero-order chi connectivity index (χ0) is 17.3. The van der Waals surface area contributed by atoms with E-state index in [1.54, 1.807) is 29.2 Å². The Labute approximate surface area is 141 Å². The van der Waals surface area contributed by atoms with E-state index in [0.29, 0.717) is 23.7 Å². The van der Waals surface area contributed by atoms with Gasteiger partial charge in [0.1, 0.15) is 11.7 Å². The Balaban J connectivity index is 1.69. The SMILES string of the molecule is O=C(N[C@H]1CCN(c2cccc(Cl)c2)C1=O)c1cc([N+](=O)[O-])c[nH]1. The first-order valence-corrected chi connectivity index (χ1v) is 7.54. The molecule has 0 spiro atoms. The van der Waals surface area contributed by atoms with Gasteiger partial charge >= 0.3 is 0 Å². The van der Waals surface area contributed by atoms with Crippen LogP contribution in [0.5, 0.6) is 0 Å². The van der Waals surface area contributed by atoms with Gasteiger partial charge in [0.15, 0.2) is 0 Å². The van der Waals surface area contributed by atoms with Crippen molar-refractivity contribution in [1.82, 2.24) is 10.3 Å². The number of carbonyl (C=O) groups excluding carboxylic acids is 2. The molecule has 2 N–H and O–H groups in total. The Morgan fingerprint density at radius 2 is 2.21 bits per heavy atom. The summed E-state index contributed by atoms with van der Waals surface area (Å²) in [5.74, 6) is -0.805. The van der Waals surface area contributed by atoms with E-state index in [4.69, 9.17) is 11.6 Å². The van der Waals surface area contributed by atoms with Crippen LogP contribution in [0.25, 0.3) is 0 Å². The maximum absolute atomic E-state index is 12.4. The summed E-state index contributed by atoms with van der Waals surface area (Å²) < 4.78 is 0. The van der Waals surface area contributed by atoms with E-state index in [-0.39, 0.29) is 17.3 Å². The summed E-state index contributed by atoms with van der Waals surface area (Å²) in [5.41, 5.74) is 0.494. The number of carbonyl (C=O) groups is 2. The minimum absolute atomic E-state index is 0.0377. The predicted octanol–water partition coefficient (Wildman–Crippen LogP) is 2.11. The molecule has 1 atom stereocenters. The maximum Gasteiger partial charge on any atom is 0.287 e. The van der Waals surface area contributed by atoms with Crippen LogP contribution in [0.3, 0.4) is 0 Å². The Bertz CT molecular complexity index is 819. The van der Waals surface area contributed by atoms with Crippen LogP contribution < -0.4 is 10.2 Å². The number of benzene rings is 1. The quantitative estimate of drug-likeness (QED) is 0.651. The Hall–Kier alpha value is -2.87. The largest absolute Gasteiger partial charge is 0.351 e. The topological polar surface area (TPSA) is 108 Å². The number of hydrogen-bond acceptors (Lipinski definition) is 4. The normalized spacial score (nSPS) is 17.1. The van der Waals surface area contributed by atoms with Crippen molar-refractivity contribution in [2.75, 3.05) is 11.4 Å². The smallest absolute Gasteiger partial charge is 0.287 e. The first-order valence-electron chi connectivity index (χ1n) is 7.16. The van der Waals surface area contributed by atoms with Crippen molar-refractivity contribution in [1.29, 1.82) is 0 Å². The van der Waals surface area contributed by atoms with Crippen LogP contribution in [0.2, 0.25) is 5.02 Å². The van der Waals surface area contributed by atoms with Gasteiger partial charge in [-0.25, -0.2) is 0 Å². The fourth-order valence-corrected chi connectivity index (χ4v) is 2.75. The molecule has 3 rings (SSSR count). The highest BCUT2D eigenvalue weighted by atomic mass is 35.5. The molecule has 0 unspecified atom stereocenters. The minimum Gasteiger partial charge on any atom is -0.351 e. The number of aromatic nitrogens is 1. The molecule has 0 radical (unpaired) electrons. The standard InChI is InChI=1S/C15H13ClN4O4/c16-9-2-1-3-10(6-9)19-5-4-12(15(19)22)18-14(21)13-7-11(8-17-13)20(23)24/h1-3,6-8,12,17H,4-5H2,(H,18,21)/t12-/m0/s1. The second-order valence-electron chi connectivity index (χ2n) is 5.31. The van der Waals surface area contributed by atoms with Crippen LogP contribution in [0, 0.1) is 10.1 Å². The van der Waals surface area contributed by atoms with E-state index in [0.717, 1.165) is 12.3 Å². The number of halogens is 1. The molecule has 2 heterocycles. The molecule has 1 fully saturated rings. The van der Waals surface area contributed by atoms with Crippen molar-refractivity contribution in [3.05, 3.63) is 57.4 Å². The van der Waals surface area contributed by atoms with Crippen molar-refractivity contribution in [3.63, 3.8) is 0 Å². The van der Waals surface area contributed by atoms with Crippen molar-refractivity contribution in [3.8, 4) is 0 Å². The number of nitro groups is 1. The van der Waals surface area contributed by atoms with Crippen LogP contribution in [0.15, 0.2) is 36.5 Å². The average molecular weight is 349 g/mol. The van der Waals surface area contributed by atoms with Crippen LogP contribution in [0.4, 0.5) is 11.4 Å². The first-order chi connectivity index (χ1) is 11.5. The van der Waals surface area contributed by atoms with Crippen molar-refractivity contribution >= 4 is 34.8 Å². The van der Waals surface area contributed by atoms with E-state index in [9.17, 15) is 19.7 Å². The molecule has 8 nitrogen and oxygen atoms in total. The van der Waals surface area contributed by atoms with Crippen LogP contribution in [-0.4, -0.2) is 34.3 Å². The minimum atomic E-state index is -0.682. The van der Waals surface area contributed by atoms with Gasteiger partial charge in [-0.2, -0.15) is 0 Å². The third kappa shape index (κ3) is 3.09. The molecule has 124 valence electrons. The van der Waals surface area contributed by atoms with Crippen molar-refractivity contribution < 1.29 is 14.5 Å². The lowest BCUT2D eigenvalue weighted by Crippen LogP contribution is -2.41. The molecule has 0 aliphatic carbocycles. The van der Waals surface area contributed by atoms with Gasteiger partial charge in [-0.1, -0.05) is 17.7 Å². The van der Waals surface area contributed by atoms with Crippen LogP contribution in [0.1, 0.15) is 16.9 Å². The van der Waals surface area contributed by atoms with Gasteiger partial charge < -0.3 is 15.2 Å². The van der Waals surface area contributed by atoms with Crippen LogP contribution >= 0.6 is 11.6 Å². The molecular weight excluding hydrogens is 336 g/mol. The molecule has 0 saturated carbocycles. The molecule has 2 amide bonds. The van der Waals surface area contributed by atoms with E-state index in [1.165, 1.54) is 0 Å². The highest BCUT2D eigenvalue weighted by Crippen LogP contribution is 2.24. The summed E-state index contributed by atoms with van der Waals surface area (Å²) in [7, 11) is 0. The number of hydrogen-bond donors (Lipinski definition) is 2. The number of aromatic amines is 1. The zero-order valence-electron chi connectivity index (χ0n) is 12.4. The Kier molecular flexibility index (Phi) is 4.22. The van der Waals surface area contributed by atoms with Gasteiger partial charge in [0, 0.05) is 23.3 Å². The molecule has 1 aromatic carbocycles. The third-order valence-corrected chi connectivity index (χ3v) is 3.99. The summed E-state index contributed by atoms with van der Waals surface area (Å²) in [5, 5.41) is 13.8. The molecule has 1 aromatic heterocycles. The zero-order valence-corrected chi connectivity index (χ0v) is 13.1. The maximum atomic E-state index is 12.4. The van der Waals surface area contributed by atoms with Gasteiger partial charge in [-0.15, -0.1) is 0 Å². The second kappa shape index (κ2) is 6.32. The van der Waals surface area contributed by atoms with Gasteiger partial charge in [-0.05, 0) is 24.6 Å². The van der Waals surface area contributed by atoms with E-state index in [1.807, 2.05) is 0 Å². The second-order valence-corrected chi connectivity index (χ2v) is 5.75. The number of amides is 2. The highest BCUT2D eigenvalue weighted by molar-refractivity contribution is 6.31. The summed E-state index contributed by atoms with van der Waals surface area (Å²) in [4.78, 5) is 38.7. The monoisotopic (exact) mass is 348 g/mol. The van der Waals surface area contributed by atoms with Gasteiger partial charge in [-0.3, -0.25) is 19.7 Å². The molecular formula is C15H13ClN4O4. The van der Waals surface area contributed by atoms with Gasteiger partial charge in [0.05, 0.1) is 11.1 Å². The average Bonchev–Trinajstić information content (AvgIpc) is 3.15. The van der Waals surface area contributed by atoms with Crippen molar-refractivity contribution in [2.45, 2.75) is 12.5 Å². The highest BCUT2D eigenvalue weighted by Gasteiger charge is 2.34. The summed E-state index contributed by atoms with van der Waals surface area (Å²) >= 11 is 5.93. The number of H-pyrrole nitrogens is 1. The summed E-state index contributed by atoms with van der Waals surface area (Å²) in [6.07, 6.45) is 1.57. The molecule has 1 aliphatic rings. The number of anilines is 1. The lowest BCUT2D eigenvalue weighted by molar-refractivity contribution is -0.384. The lowest BCUT2D eigenvalue weighted by Gasteiger charge is -2.17. The first kappa shape index (κ1) is 16.0. The van der Waals surface area contributed by atoms with Gasteiger partial charge in [0.25, 0.3) is 11.6 Å². The molecule has 9 heteroatoms. The Morgan fingerprint density at radius 3 is 2.88 bits per heavy atom. The molecule has 2 aromatic rings. The fourth-order valence-electron chi connectivity index (χ4n) is 2.57. The Morgan fingerprint density at radius 1 is 1.42 bits per heavy atom. The number of nitrogens with one attached hydrogen (secondary N) is 2. The molecule has 1 aliphatic heterocycles. The summed E-state index contributed by atoms with van der Waals surface area (Å²) in [6.45, 7) is 0.453. The van der Waals surface area contributed by atoms with Gasteiger partial charge in [0.2, 0.25) is 5.91 Å². The molecule has 1 saturated heterocycles. The van der Waals surface area contributed by atoms with E-state index >= 15 is 0 Å². The van der Waals surface area contributed by atoms with Crippen molar-refractivity contribution in [2.24, 2.45) is 0 Å².